The van der Waals surface area contributed by atoms with Crippen molar-refractivity contribution in [2.75, 3.05) is 5.32 Å². The van der Waals surface area contributed by atoms with Crippen LogP contribution in [0.15, 0.2) is 65.3 Å². The van der Waals surface area contributed by atoms with E-state index in [1.165, 1.54) is 41.3 Å². The van der Waals surface area contributed by atoms with E-state index in [1.807, 2.05) is 0 Å². The Hall–Kier alpha value is -3.89. The molecule has 4 aromatic rings. The van der Waals surface area contributed by atoms with Gasteiger partial charge in [0.15, 0.2) is 5.76 Å². The van der Waals surface area contributed by atoms with Crippen molar-refractivity contribution in [1.29, 1.82) is 0 Å². The molecule has 1 N–H and O–H groups in total. The third-order valence-corrected chi connectivity index (χ3v) is 5.01. The number of ether oxygens (including phenoxy) is 1. The van der Waals surface area contributed by atoms with Crippen LogP contribution in [0, 0.1) is 10.1 Å². The fourth-order valence-corrected chi connectivity index (χ4v) is 3.28. The topological polar surface area (TPSA) is 125 Å². The zero-order valence-electron chi connectivity index (χ0n) is 16.8. The standard InChI is InChI=1S/C21H15Cl2N5O5/c22-14-2-1-13(18(23)9-14)10-27-12-24-21(26-27)25-20(29)19-8-7-17(33-19)11-32-16-5-3-15(4-6-16)28(30)31/h1-9,12H,10-11H2,(H,25,26,29). The Morgan fingerprint density at radius 2 is 1.94 bits per heavy atom. The zero-order valence-corrected chi connectivity index (χ0v) is 18.3. The number of nitro benzene ring substituents is 1. The van der Waals surface area contributed by atoms with Crippen LogP contribution in [0.1, 0.15) is 21.9 Å². The predicted octanol–water partition coefficient (Wildman–Crippen LogP) is 4.97. The van der Waals surface area contributed by atoms with Gasteiger partial charge in [0.2, 0.25) is 5.95 Å². The summed E-state index contributed by atoms with van der Waals surface area (Å²) in [6, 6.07) is 13.9. The smallest absolute Gasteiger partial charge is 0.293 e. The second kappa shape index (κ2) is 9.72. The third-order valence-electron chi connectivity index (χ3n) is 4.42. The summed E-state index contributed by atoms with van der Waals surface area (Å²) in [5.74, 6) is 0.450. The minimum absolute atomic E-state index is 0.0355. The molecule has 0 bridgehead atoms. The van der Waals surface area contributed by atoms with Gasteiger partial charge in [0.1, 0.15) is 24.4 Å². The number of carbonyl (C=O) groups is 1. The van der Waals surface area contributed by atoms with E-state index >= 15 is 0 Å². The molecule has 2 heterocycles. The maximum absolute atomic E-state index is 12.4. The summed E-state index contributed by atoms with van der Waals surface area (Å²) >= 11 is 12.1. The summed E-state index contributed by atoms with van der Waals surface area (Å²) in [5, 5.41) is 18.5. The highest BCUT2D eigenvalue weighted by Crippen LogP contribution is 2.22. The van der Waals surface area contributed by atoms with Crippen LogP contribution >= 0.6 is 23.2 Å². The van der Waals surface area contributed by atoms with E-state index in [2.05, 4.69) is 15.4 Å². The molecule has 168 valence electrons. The van der Waals surface area contributed by atoms with Crippen molar-refractivity contribution in [1.82, 2.24) is 14.8 Å². The molecule has 0 saturated heterocycles. The number of non-ortho nitro benzene ring substituents is 1. The molecule has 0 unspecified atom stereocenters. The monoisotopic (exact) mass is 487 g/mol. The molecule has 0 aliphatic carbocycles. The largest absolute Gasteiger partial charge is 0.486 e. The van der Waals surface area contributed by atoms with Crippen molar-refractivity contribution in [3.8, 4) is 5.75 Å². The Morgan fingerprint density at radius 3 is 2.67 bits per heavy atom. The first-order chi connectivity index (χ1) is 15.9. The first kappa shape index (κ1) is 22.3. The number of hydrogen-bond acceptors (Lipinski definition) is 7. The van der Waals surface area contributed by atoms with Crippen molar-refractivity contribution in [2.24, 2.45) is 0 Å². The Labute approximate surface area is 196 Å². The molecule has 4 rings (SSSR count). The van der Waals surface area contributed by atoms with E-state index in [1.54, 1.807) is 24.3 Å². The van der Waals surface area contributed by atoms with Crippen molar-refractivity contribution in [3.05, 3.63) is 98.2 Å². The average molecular weight is 488 g/mol. The van der Waals surface area contributed by atoms with E-state index in [4.69, 9.17) is 32.4 Å². The Kier molecular flexibility index (Phi) is 6.57. The highest BCUT2D eigenvalue weighted by Gasteiger charge is 2.15. The van der Waals surface area contributed by atoms with Gasteiger partial charge in [0.05, 0.1) is 11.5 Å². The van der Waals surface area contributed by atoms with Crippen LogP contribution in [0.4, 0.5) is 11.6 Å². The number of hydrogen-bond donors (Lipinski definition) is 1. The minimum Gasteiger partial charge on any atom is -0.486 e. The SMILES string of the molecule is O=C(Nc1ncn(Cc2ccc(Cl)cc2Cl)n1)c1ccc(COc2ccc([N+](=O)[O-])cc2)o1. The van der Waals surface area contributed by atoms with Gasteiger partial charge in [-0.2, -0.15) is 0 Å². The minimum atomic E-state index is -0.529. The lowest BCUT2D eigenvalue weighted by Gasteiger charge is -2.04. The van der Waals surface area contributed by atoms with Gasteiger partial charge in [0, 0.05) is 22.2 Å². The van der Waals surface area contributed by atoms with Crippen LogP contribution in [0.2, 0.25) is 10.0 Å². The highest BCUT2D eigenvalue weighted by molar-refractivity contribution is 6.35. The molecule has 0 radical (unpaired) electrons. The third kappa shape index (κ3) is 5.68. The van der Waals surface area contributed by atoms with Gasteiger partial charge >= 0.3 is 0 Å². The number of nitrogens with one attached hydrogen (secondary N) is 1. The van der Waals surface area contributed by atoms with Crippen LogP contribution in [-0.4, -0.2) is 25.6 Å². The number of nitro groups is 1. The molecule has 33 heavy (non-hydrogen) atoms. The number of halogens is 2. The molecular formula is C21H15Cl2N5O5. The van der Waals surface area contributed by atoms with Crippen molar-refractivity contribution >= 4 is 40.7 Å². The number of benzene rings is 2. The zero-order chi connectivity index (χ0) is 23.4. The number of aromatic nitrogens is 3. The van der Waals surface area contributed by atoms with E-state index < -0.39 is 10.8 Å². The maximum atomic E-state index is 12.4. The van der Waals surface area contributed by atoms with E-state index in [0.717, 1.165) is 5.56 Å². The van der Waals surface area contributed by atoms with Gasteiger partial charge in [-0.1, -0.05) is 29.3 Å². The summed E-state index contributed by atoms with van der Waals surface area (Å²) in [6.07, 6.45) is 1.46. The van der Waals surface area contributed by atoms with E-state index in [9.17, 15) is 14.9 Å². The van der Waals surface area contributed by atoms with Crippen LogP contribution < -0.4 is 10.1 Å². The van der Waals surface area contributed by atoms with Gasteiger partial charge in [0.25, 0.3) is 11.6 Å². The molecule has 10 nitrogen and oxygen atoms in total. The molecular weight excluding hydrogens is 473 g/mol. The summed E-state index contributed by atoms with van der Waals surface area (Å²) in [5.41, 5.74) is 0.763. The molecule has 12 heteroatoms. The molecule has 0 spiro atoms. The lowest BCUT2D eigenvalue weighted by atomic mass is 10.2. The summed E-state index contributed by atoms with van der Waals surface area (Å²) in [4.78, 5) is 26.7. The van der Waals surface area contributed by atoms with Crippen molar-refractivity contribution in [3.63, 3.8) is 0 Å². The molecule has 0 saturated carbocycles. The molecule has 1 amide bonds. The van der Waals surface area contributed by atoms with E-state index in [0.29, 0.717) is 28.1 Å². The van der Waals surface area contributed by atoms with Crippen LogP contribution in [-0.2, 0) is 13.2 Å². The summed E-state index contributed by atoms with van der Waals surface area (Å²) < 4.78 is 12.5. The van der Waals surface area contributed by atoms with Gasteiger partial charge in [-0.05, 0) is 42.0 Å². The molecule has 0 aliphatic heterocycles. The van der Waals surface area contributed by atoms with Crippen molar-refractivity contribution in [2.45, 2.75) is 13.2 Å². The van der Waals surface area contributed by atoms with Crippen molar-refractivity contribution < 1.29 is 18.9 Å². The molecule has 0 atom stereocenters. The first-order valence-electron chi connectivity index (χ1n) is 9.48. The number of rotatable bonds is 8. The van der Waals surface area contributed by atoms with E-state index in [-0.39, 0.29) is 24.0 Å². The summed E-state index contributed by atoms with van der Waals surface area (Å²) in [7, 11) is 0. The Balaban J connectivity index is 1.32. The fraction of sp³-hybridized carbons (Fsp3) is 0.0952. The highest BCUT2D eigenvalue weighted by atomic mass is 35.5. The van der Waals surface area contributed by atoms with Crippen LogP contribution in [0.3, 0.4) is 0 Å². The molecule has 0 fully saturated rings. The normalized spacial score (nSPS) is 10.7. The van der Waals surface area contributed by atoms with Gasteiger partial charge in [-0.3, -0.25) is 20.2 Å². The lowest BCUT2D eigenvalue weighted by molar-refractivity contribution is -0.384. The second-order valence-corrected chi connectivity index (χ2v) is 7.60. The Bertz CT molecular complexity index is 1300. The quantitative estimate of drug-likeness (QED) is 0.274. The average Bonchev–Trinajstić information content (AvgIpc) is 3.44. The summed E-state index contributed by atoms with van der Waals surface area (Å²) in [6.45, 7) is 0.392. The van der Waals surface area contributed by atoms with Gasteiger partial charge in [-0.15, -0.1) is 5.10 Å². The molecule has 2 aromatic heterocycles. The van der Waals surface area contributed by atoms with Crippen LogP contribution in [0.5, 0.6) is 5.75 Å². The fourth-order valence-electron chi connectivity index (χ4n) is 2.81. The number of carbonyl (C=O) groups excluding carboxylic acids is 1. The van der Waals surface area contributed by atoms with Crippen LogP contribution in [0.25, 0.3) is 0 Å². The van der Waals surface area contributed by atoms with Gasteiger partial charge < -0.3 is 9.15 Å². The predicted molar refractivity (Wildman–Crippen MR) is 120 cm³/mol. The number of nitrogens with zero attached hydrogens (tertiary/aromatic N) is 4. The Morgan fingerprint density at radius 1 is 1.15 bits per heavy atom. The molecule has 0 aliphatic rings. The number of amides is 1. The maximum Gasteiger partial charge on any atom is 0.293 e. The number of furan rings is 1. The molecule has 2 aromatic carbocycles. The second-order valence-electron chi connectivity index (χ2n) is 6.76. The first-order valence-corrected chi connectivity index (χ1v) is 10.2. The van der Waals surface area contributed by atoms with Gasteiger partial charge in [-0.25, -0.2) is 9.67 Å². The lowest BCUT2D eigenvalue weighted by Crippen LogP contribution is -2.12. The number of anilines is 1.